The number of aromatic nitrogens is 1. The number of likely N-dealkylation sites (tertiary alicyclic amines) is 2. The molecule has 0 bridgehead atoms. The average Bonchev–Trinajstić information content (AvgIpc) is 3.46. The molecule has 5 nitrogen and oxygen atoms in total. The molecular weight excluding hydrogens is 473 g/mol. The monoisotopic (exact) mass is 509 g/mol. The molecule has 4 rings (SSSR count). The van der Waals surface area contributed by atoms with Gasteiger partial charge in [-0.05, 0) is 69.7 Å². The summed E-state index contributed by atoms with van der Waals surface area (Å²) in [5, 5.41) is 4.87. The van der Waals surface area contributed by atoms with E-state index in [1.165, 1.54) is 55.4 Å². The first-order chi connectivity index (χ1) is 13.8. The molecular formula is C23H36IN5. The fraction of sp³-hybridized carbons (Fsp3) is 0.609. The second-order valence-electron chi connectivity index (χ2n) is 8.31. The molecule has 0 aliphatic carbocycles. The van der Waals surface area contributed by atoms with Gasteiger partial charge in [0.05, 0.1) is 0 Å². The van der Waals surface area contributed by atoms with Crippen LogP contribution < -0.4 is 5.32 Å². The third-order valence-corrected chi connectivity index (χ3v) is 6.18. The predicted octanol–water partition coefficient (Wildman–Crippen LogP) is 4.10. The van der Waals surface area contributed by atoms with Crippen LogP contribution in [0.2, 0.25) is 0 Å². The van der Waals surface area contributed by atoms with Crippen LogP contribution in [0.15, 0.2) is 35.5 Å². The molecule has 2 aliphatic heterocycles. The zero-order valence-corrected chi connectivity index (χ0v) is 20.0. The predicted molar refractivity (Wildman–Crippen MR) is 133 cm³/mol. The Kier molecular flexibility index (Phi) is 8.66. The molecule has 1 unspecified atom stereocenters. The standard InChI is InChI=1S/C23H35N5.HI/c1-2-24-23(28-15-11-19(18-28)17-27-13-5-6-14-27)25-12-7-8-20-16-26-22-10-4-3-9-21(20)22;/h3-4,9-10,16,19,26H,2,5-8,11-15,17-18H2,1H3,(H,24,25);1H. The van der Waals surface area contributed by atoms with Gasteiger partial charge in [0.2, 0.25) is 0 Å². The van der Waals surface area contributed by atoms with Gasteiger partial charge in [0.1, 0.15) is 0 Å². The molecule has 1 atom stereocenters. The average molecular weight is 509 g/mol. The third-order valence-electron chi connectivity index (χ3n) is 6.18. The number of benzene rings is 1. The summed E-state index contributed by atoms with van der Waals surface area (Å²) >= 11 is 0. The van der Waals surface area contributed by atoms with Crippen molar-refractivity contribution in [1.29, 1.82) is 0 Å². The third kappa shape index (κ3) is 5.87. The molecule has 2 N–H and O–H groups in total. The van der Waals surface area contributed by atoms with Gasteiger partial charge in [-0.15, -0.1) is 24.0 Å². The lowest BCUT2D eigenvalue weighted by Gasteiger charge is -2.23. The van der Waals surface area contributed by atoms with E-state index in [4.69, 9.17) is 4.99 Å². The molecule has 3 heterocycles. The largest absolute Gasteiger partial charge is 0.361 e. The van der Waals surface area contributed by atoms with Crippen molar-refractivity contribution in [2.24, 2.45) is 10.9 Å². The number of rotatable bonds is 7. The number of hydrogen-bond acceptors (Lipinski definition) is 2. The number of H-pyrrole nitrogens is 1. The maximum absolute atomic E-state index is 4.95. The summed E-state index contributed by atoms with van der Waals surface area (Å²) < 4.78 is 0. The van der Waals surface area contributed by atoms with E-state index < -0.39 is 0 Å². The molecule has 0 saturated carbocycles. The van der Waals surface area contributed by atoms with Crippen LogP contribution in [0.4, 0.5) is 0 Å². The van der Waals surface area contributed by atoms with Crippen LogP contribution in [0.1, 0.15) is 38.2 Å². The Labute approximate surface area is 192 Å². The molecule has 1 aromatic heterocycles. The summed E-state index contributed by atoms with van der Waals surface area (Å²) in [7, 11) is 0. The number of para-hydroxylation sites is 1. The lowest BCUT2D eigenvalue weighted by molar-refractivity contribution is 0.281. The Morgan fingerprint density at radius 1 is 1.21 bits per heavy atom. The number of fused-ring (bicyclic) bond motifs is 1. The van der Waals surface area contributed by atoms with E-state index >= 15 is 0 Å². The maximum atomic E-state index is 4.95. The second kappa shape index (κ2) is 11.2. The van der Waals surface area contributed by atoms with E-state index in [0.29, 0.717) is 0 Å². The Hall–Kier alpha value is -1.28. The van der Waals surface area contributed by atoms with Crippen LogP contribution in [0.5, 0.6) is 0 Å². The van der Waals surface area contributed by atoms with Crippen LogP contribution in [-0.2, 0) is 6.42 Å². The van der Waals surface area contributed by atoms with Gasteiger partial charge in [-0.2, -0.15) is 0 Å². The Morgan fingerprint density at radius 3 is 2.86 bits per heavy atom. The summed E-state index contributed by atoms with van der Waals surface area (Å²) in [5.41, 5.74) is 2.64. The van der Waals surface area contributed by atoms with Crippen molar-refractivity contribution in [3.8, 4) is 0 Å². The van der Waals surface area contributed by atoms with Gasteiger partial charge < -0.3 is 20.1 Å². The Balaban J connectivity index is 0.00000240. The molecule has 0 amide bonds. The molecule has 1 aromatic carbocycles. The van der Waals surface area contributed by atoms with Crippen molar-refractivity contribution in [3.63, 3.8) is 0 Å². The topological polar surface area (TPSA) is 46.7 Å². The fourth-order valence-electron chi connectivity index (χ4n) is 4.72. The Bertz CT molecular complexity index is 780. The number of aryl methyl sites for hydroxylation is 1. The van der Waals surface area contributed by atoms with Crippen molar-refractivity contribution in [2.45, 2.75) is 39.0 Å². The van der Waals surface area contributed by atoms with E-state index in [1.807, 2.05) is 0 Å². The minimum atomic E-state index is 0. The van der Waals surface area contributed by atoms with Gasteiger partial charge in [-0.3, -0.25) is 4.99 Å². The number of aliphatic imine (C=N–C) groups is 1. The number of nitrogens with zero attached hydrogens (tertiary/aromatic N) is 3. The molecule has 0 spiro atoms. The second-order valence-corrected chi connectivity index (χ2v) is 8.31. The van der Waals surface area contributed by atoms with Gasteiger partial charge in [-0.1, -0.05) is 18.2 Å². The highest BCUT2D eigenvalue weighted by atomic mass is 127. The lowest BCUT2D eigenvalue weighted by atomic mass is 10.1. The van der Waals surface area contributed by atoms with Gasteiger partial charge in [0.15, 0.2) is 5.96 Å². The van der Waals surface area contributed by atoms with Gasteiger partial charge >= 0.3 is 0 Å². The highest BCUT2D eigenvalue weighted by Crippen LogP contribution is 2.21. The summed E-state index contributed by atoms with van der Waals surface area (Å²) in [6.45, 7) is 10.2. The summed E-state index contributed by atoms with van der Waals surface area (Å²) in [6, 6.07) is 8.56. The van der Waals surface area contributed by atoms with Crippen LogP contribution in [-0.4, -0.2) is 66.6 Å². The number of aromatic amines is 1. The van der Waals surface area contributed by atoms with Gasteiger partial charge in [0.25, 0.3) is 0 Å². The number of guanidine groups is 1. The van der Waals surface area contributed by atoms with Crippen molar-refractivity contribution in [2.75, 3.05) is 45.8 Å². The van der Waals surface area contributed by atoms with Crippen molar-refractivity contribution >= 4 is 40.8 Å². The molecule has 0 radical (unpaired) electrons. The van der Waals surface area contributed by atoms with Gasteiger partial charge in [-0.25, -0.2) is 0 Å². The van der Waals surface area contributed by atoms with E-state index in [1.54, 1.807) is 0 Å². The van der Waals surface area contributed by atoms with E-state index in [-0.39, 0.29) is 24.0 Å². The Morgan fingerprint density at radius 2 is 2.03 bits per heavy atom. The molecule has 6 heteroatoms. The van der Waals surface area contributed by atoms with Crippen molar-refractivity contribution < 1.29 is 0 Å². The lowest BCUT2D eigenvalue weighted by Crippen LogP contribution is -2.40. The van der Waals surface area contributed by atoms with E-state index in [2.05, 4.69) is 57.5 Å². The van der Waals surface area contributed by atoms with Crippen molar-refractivity contribution in [3.05, 3.63) is 36.0 Å². The molecule has 2 fully saturated rings. The quantitative estimate of drug-likeness (QED) is 0.256. The molecule has 2 aliphatic rings. The summed E-state index contributed by atoms with van der Waals surface area (Å²) in [4.78, 5) is 13.5. The van der Waals surface area contributed by atoms with Crippen LogP contribution in [0, 0.1) is 5.92 Å². The maximum Gasteiger partial charge on any atom is 0.193 e. The first-order valence-corrected chi connectivity index (χ1v) is 11.1. The molecule has 160 valence electrons. The number of nitrogens with one attached hydrogen (secondary N) is 2. The highest BCUT2D eigenvalue weighted by molar-refractivity contribution is 14.0. The zero-order valence-electron chi connectivity index (χ0n) is 17.7. The van der Waals surface area contributed by atoms with E-state index in [9.17, 15) is 0 Å². The zero-order chi connectivity index (χ0) is 19.2. The van der Waals surface area contributed by atoms with Crippen LogP contribution >= 0.6 is 24.0 Å². The summed E-state index contributed by atoms with van der Waals surface area (Å²) in [6.07, 6.45) is 8.39. The summed E-state index contributed by atoms with van der Waals surface area (Å²) in [5.74, 6) is 1.92. The fourth-order valence-corrected chi connectivity index (χ4v) is 4.72. The van der Waals surface area contributed by atoms with Crippen molar-refractivity contribution in [1.82, 2.24) is 20.1 Å². The van der Waals surface area contributed by atoms with Crippen LogP contribution in [0.3, 0.4) is 0 Å². The van der Waals surface area contributed by atoms with E-state index in [0.717, 1.165) is 50.9 Å². The van der Waals surface area contributed by atoms with Gasteiger partial charge in [0, 0.05) is 49.8 Å². The SMILES string of the molecule is CCNC(=NCCCc1c[nH]c2ccccc12)N1CCC(CN2CCCC2)C1.I. The first kappa shape index (κ1) is 22.4. The molecule has 2 aromatic rings. The molecule has 29 heavy (non-hydrogen) atoms. The number of halogens is 1. The number of hydrogen-bond donors (Lipinski definition) is 2. The minimum Gasteiger partial charge on any atom is -0.361 e. The van der Waals surface area contributed by atoms with Crippen LogP contribution in [0.25, 0.3) is 10.9 Å². The highest BCUT2D eigenvalue weighted by Gasteiger charge is 2.27. The normalized spacial score (nSPS) is 20.4. The molecule has 2 saturated heterocycles. The first-order valence-electron chi connectivity index (χ1n) is 11.1. The minimum absolute atomic E-state index is 0. The smallest absolute Gasteiger partial charge is 0.193 e.